The van der Waals surface area contributed by atoms with Gasteiger partial charge in [0.05, 0.1) is 6.21 Å². The van der Waals surface area contributed by atoms with Crippen molar-refractivity contribution in [1.29, 1.82) is 0 Å². The van der Waals surface area contributed by atoms with Gasteiger partial charge in [-0.05, 0) is 17.7 Å². The van der Waals surface area contributed by atoms with Crippen LogP contribution in [-0.4, -0.2) is 18.0 Å². The van der Waals surface area contributed by atoms with Crippen molar-refractivity contribution < 1.29 is 9.59 Å². The van der Waals surface area contributed by atoms with Crippen LogP contribution in [0.4, 0.5) is 0 Å². The Morgan fingerprint density at radius 3 is 2.47 bits per heavy atom. The van der Waals surface area contributed by atoms with Crippen molar-refractivity contribution in [2.45, 2.75) is 0 Å². The van der Waals surface area contributed by atoms with E-state index < -0.39 is 11.8 Å². The molecule has 0 saturated heterocycles. The molecule has 15 heavy (non-hydrogen) atoms. The maximum Gasteiger partial charge on any atom is 0.329 e. The molecule has 0 bridgehead atoms. The highest BCUT2D eigenvalue weighted by Crippen LogP contribution is 2.07. The monoisotopic (exact) mass is 225 g/mol. The molecule has 0 fully saturated rings. The molecule has 0 radical (unpaired) electrons. The molecule has 0 aromatic heterocycles. The molecule has 1 rings (SSSR count). The summed E-state index contributed by atoms with van der Waals surface area (Å²) in [6.45, 7) is 0. The summed E-state index contributed by atoms with van der Waals surface area (Å²) in [5, 5.41) is 4.13. The Morgan fingerprint density at radius 1 is 1.33 bits per heavy atom. The molecular weight excluding hydrogens is 218 g/mol. The van der Waals surface area contributed by atoms with Crippen molar-refractivity contribution >= 4 is 29.6 Å². The molecule has 0 spiro atoms. The van der Waals surface area contributed by atoms with Crippen LogP contribution in [0.25, 0.3) is 0 Å². The third-order valence-electron chi connectivity index (χ3n) is 1.47. The molecule has 78 valence electrons. The fraction of sp³-hybridized carbons (Fsp3) is 0. The zero-order chi connectivity index (χ0) is 11.3. The van der Waals surface area contributed by atoms with Gasteiger partial charge in [-0.15, -0.1) is 0 Å². The van der Waals surface area contributed by atoms with Crippen molar-refractivity contribution in [2.75, 3.05) is 0 Å². The van der Waals surface area contributed by atoms with Crippen LogP contribution in [0.3, 0.4) is 0 Å². The average molecular weight is 226 g/mol. The fourth-order valence-corrected chi connectivity index (χ4v) is 0.895. The van der Waals surface area contributed by atoms with Crippen molar-refractivity contribution in [1.82, 2.24) is 5.43 Å². The van der Waals surface area contributed by atoms with Crippen LogP contribution < -0.4 is 11.2 Å². The van der Waals surface area contributed by atoms with E-state index in [4.69, 9.17) is 17.3 Å². The van der Waals surface area contributed by atoms with Gasteiger partial charge < -0.3 is 5.73 Å². The van der Waals surface area contributed by atoms with Crippen molar-refractivity contribution in [3.63, 3.8) is 0 Å². The molecule has 6 heteroatoms. The van der Waals surface area contributed by atoms with Gasteiger partial charge >= 0.3 is 11.8 Å². The van der Waals surface area contributed by atoms with Crippen LogP contribution in [-0.2, 0) is 9.59 Å². The summed E-state index contributed by atoms with van der Waals surface area (Å²) >= 11 is 5.66. The first-order valence-electron chi connectivity index (χ1n) is 3.98. The summed E-state index contributed by atoms with van der Waals surface area (Å²) in [6.07, 6.45) is 1.37. The highest BCUT2D eigenvalue weighted by Gasteiger charge is 2.04. The van der Waals surface area contributed by atoms with E-state index in [1.54, 1.807) is 24.3 Å². The number of nitrogens with zero attached hydrogens (tertiary/aromatic N) is 1. The average Bonchev–Trinajstić information content (AvgIpc) is 2.20. The molecule has 1 aromatic carbocycles. The summed E-state index contributed by atoms with van der Waals surface area (Å²) in [4.78, 5) is 21.0. The highest BCUT2D eigenvalue weighted by molar-refractivity contribution is 6.34. The van der Waals surface area contributed by atoms with E-state index >= 15 is 0 Å². The topological polar surface area (TPSA) is 84.5 Å². The second-order valence-electron chi connectivity index (χ2n) is 2.61. The Hall–Kier alpha value is -1.88. The van der Waals surface area contributed by atoms with E-state index in [-0.39, 0.29) is 0 Å². The number of nitrogens with two attached hydrogens (primary N) is 1. The lowest BCUT2D eigenvalue weighted by Gasteiger charge is -1.94. The minimum Gasteiger partial charge on any atom is -0.361 e. The van der Waals surface area contributed by atoms with Crippen LogP contribution in [0.15, 0.2) is 29.4 Å². The number of carbonyl (C=O) groups excluding carboxylic acids is 2. The number of rotatable bonds is 2. The van der Waals surface area contributed by atoms with Gasteiger partial charge in [-0.25, -0.2) is 5.43 Å². The highest BCUT2D eigenvalue weighted by atomic mass is 35.5. The summed E-state index contributed by atoms with van der Waals surface area (Å²) < 4.78 is 0. The van der Waals surface area contributed by atoms with Gasteiger partial charge in [0.1, 0.15) is 0 Å². The minimum absolute atomic E-state index is 0.605. The van der Waals surface area contributed by atoms with Gasteiger partial charge in [0.2, 0.25) is 0 Å². The lowest BCUT2D eigenvalue weighted by Crippen LogP contribution is -2.32. The SMILES string of the molecule is NC(=O)C(=O)N/N=C/c1ccc(Cl)cc1. The lowest BCUT2D eigenvalue weighted by atomic mass is 10.2. The third kappa shape index (κ3) is 3.78. The molecule has 0 aliphatic rings. The number of hydrazone groups is 1. The number of halogens is 1. The second-order valence-corrected chi connectivity index (χ2v) is 3.05. The van der Waals surface area contributed by atoms with E-state index in [9.17, 15) is 9.59 Å². The molecule has 5 nitrogen and oxygen atoms in total. The van der Waals surface area contributed by atoms with Gasteiger partial charge in [0.15, 0.2) is 0 Å². The van der Waals surface area contributed by atoms with E-state index in [2.05, 4.69) is 5.10 Å². The zero-order valence-corrected chi connectivity index (χ0v) is 8.36. The van der Waals surface area contributed by atoms with E-state index in [0.29, 0.717) is 5.02 Å². The number of amides is 2. The van der Waals surface area contributed by atoms with Gasteiger partial charge in [-0.2, -0.15) is 5.10 Å². The van der Waals surface area contributed by atoms with E-state index in [0.717, 1.165) is 5.56 Å². The maximum atomic E-state index is 10.7. The maximum absolute atomic E-state index is 10.7. The molecule has 1 aromatic rings. The Kier molecular flexibility index (Phi) is 3.82. The number of benzene rings is 1. The Morgan fingerprint density at radius 2 is 1.93 bits per heavy atom. The molecule has 0 atom stereocenters. The molecule has 0 saturated carbocycles. The third-order valence-corrected chi connectivity index (χ3v) is 1.73. The molecule has 0 heterocycles. The lowest BCUT2D eigenvalue weighted by molar-refractivity contribution is -0.137. The normalized spacial score (nSPS) is 10.2. The summed E-state index contributed by atoms with van der Waals surface area (Å²) in [5.41, 5.74) is 7.40. The number of hydrogen-bond acceptors (Lipinski definition) is 3. The fourth-order valence-electron chi connectivity index (χ4n) is 0.769. The molecule has 0 unspecified atom stereocenters. The van der Waals surface area contributed by atoms with Gasteiger partial charge in [-0.3, -0.25) is 9.59 Å². The number of nitrogens with one attached hydrogen (secondary N) is 1. The van der Waals surface area contributed by atoms with Crippen molar-refractivity contribution in [2.24, 2.45) is 10.8 Å². The molecular formula is C9H8ClN3O2. The van der Waals surface area contributed by atoms with Crippen LogP contribution in [0.5, 0.6) is 0 Å². The van der Waals surface area contributed by atoms with Gasteiger partial charge in [0.25, 0.3) is 0 Å². The Balaban J connectivity index is 2.55. The summed E-state index contributed by atoms with van der Waals surface area (Å²) in [6, 6.07) is 6.78. The van der Waals surface area contributed by atoms with Crippen LogP contribution >= 0.6 is 11.6 Å². The molecule has 3 N–H and O–H groups in total. The van der Waals surface area contributed by atoms with Crippen LogP contribution in [0.2, 0.25) is 5.02 Å². The van der Waals surface area contributed by atoms with E-state index in [1.807, 2.05) is 5.43 Å². The first-order chi connectivity index (χ1) is 7.09. The minimum atomic E-state index is -1.08. The summed E-state index contributed by atoms with van der Waals surface area (Å²) in [7, 11) is 0. The van der Waals surface area contributed by atoms with Crippen LogP contribution in [0.1, 0.15) is 5.56 Å². The second kappa shape index (κ2) is 5.11. The molecule has 0 aliphatic carbocycles. The van der Waals surface area contributed by atoms with Crippen LogP contribution in [0, 0.1) is 0 Å². The van der Waals surface area contributed by atoms with Crippen molar-refractivity contribution in [3.8, 4) is 0 Å². The Labute approximate surface area is 90.9 Å². The Bertz CT molecular complexity index is 400. The largest absolute Gasteiger partial charge is 0.361 e. The van der Waals surface area contributed by atoms with Gasteiger partial charge in [-0.1, -0.05) is 23.7 Å². The smallest absolute Gasteiger partial charge is 0.329 e. The molecule has 2 amide bonds. The van der Waals surface area contributed by atoms with Gasteiger partial charge in [0, 0.05) is 5.02 Å². The molecule has 0 aliphatic heterocycles. The summed E-state index contributed by atoms with van der Waals surface area (Å²) in [5.74, 6) is -2.04. The predicted octanol–water partition coefficient (Wildman–Crippen LogP) is 0.275. The van der Waals surface area contributed by atoms with Crippen molar-refractivity contribution in [3.05, 3.63) is 34.9 Å². The first kappa shape index (κ1) is 11.2. The number of carbonyl (C=O) groups is 2. The zero-order valence-electron chi connectivity index (χ0n) is 7.61. The first-order valence-corrected chi connectivity index (χ1v) is 4.36. The predicted molar refractivity (Wildman–Crippen MR) is 56.4 cm³/mol. The quantitative estimate of drug-likeness (QED) is 0.430. The number of primary amides is 1. The standard InChI is InChI=1S/C9H8ClN3O2/c10-7-3-1-6(2-4-7)5-12-13-9(15)8(11)14/h1-5H,(H2,11,14)(H,13,15)/b12-5+. The van der Waals surface area contributed by atoms with E-state index in [1.165, 1.54) is 6.21 Å². The number of hydrogen-bond donors (Lipinski definition) is 2.